The van der Waals surface area contributed by atoms with Crippen LogP contribution >= 0.6 is 0 Å². The molecule has 2 fully saturated rings. The number of carbonyl (C=O) groups excluding carboxylic acids is 3. The van der Waals surface area contributed by atoms with Crippen molar-refractivity contribution in [3.8, 4) is 0 Å². The summed E-state index contributed by atoms with van der Waals surface area (Å²) in [6, 6.07) is 28.2. The average Bonchev–Trinajstić information content (AvgIpc) is 3.37. The molecule has 202 valence electrons. The number of hydrogen-bond acceptors (Lipinski definition) is 4. The minimum Gasteiger partial charge on any atom is -0.444 e. The van der Waals surface area contributed by atoms with Crippen molar-refractivity contribution < 1.29 is 19.1 Å². The highest BCUT2D eigenvalue weighted by Crippen LogP contribution is 2.52. The Hall–Kier alpha value is -3.93. The quantitative estimate of drug-likeness (QED) is 0.444. The number of nitrogens with zero attached hydrogens (tertiary/aromatic N) is 1. The van der Waals surface area contributed by atoms with Crippen molar-refractivity contribution in [2.45, 2.75) is 51.0 Å². The number of carbonyl (C=O) groups is 3. The smallest absolute Gasteiger partial charge is 0.412 e. The highest BCUT2D eigenvalue weighted by atomic mass is 16.6. The molecule has 5 rings (SSSR count). The van der Waals surface area contributed by atoms with Crippen molar-refractivity contribution in [2.75, 3.05) is 18.4 Å². The molecule has 2 amide bonds. The molecule has 1 saturated carbocycles. The Bertz CT molecular complexity index is 1310. The van der Waals surface area contributed by atoms with Gasteiger partial charge in [0, 0.05) is 42.4 Å². The second-order valence-electron chi connectivity index (χ2n) is 11.6. The molecule has 6 heteroatoms. The lowest BCUT2D eigenvalue weighted by Crippen LogP contribution is -2.47. The zero-order chi connectivity index (χ0) is 27.6. The number of likely N-dealkylation sites (tertiary alicyclic amines) is 1. The summed E-state index contributed by atoms with van der Waals surface area (Å²) in [5.41, 5.74) is 2.69. The molecule has 0 aromatic heterocycles. The highest BCUT2D eigenvalue weighted by molar-refractivity contribution is 5.89. The molecule has 1 saturated heterocycles. The van der Waals surface area contributed by atoms with Gasteiger partial charge in [-0.3, -0.25) is 14.9 Å². The third-order valence-corrected chi connectivity index (χ3v) is 8.06. The summed E-state index contributed by atoms with van der Waals surface area (Å²) in [6.45, 7) is 6.36. The van der Waals surface area contributed by atoms with E-state index in [2.05, 4.69) is 53.8 Å². The molecule has 2 aliphatic rings. The maximum atomic E-state index is 13.7. The second-order valence-corrected chi connectivity index (χ2v) is 11.6. The largest absolute Gasteiger partial charge is 0.444 e. The predicted molar refractivity (Wildman–Crippen MR) is 151 cm³/mol. The van der Waals surface area contributed by atoms with Crippen LogP contribution in [0.15, 0.2) is 84.9 Å². The second kappa shape index (κ2) is 10.7. The number of rotatable bonds is 5. The Morgan fingerprint density at radius 2 is 1.49 bits per heavy atom. The van der Waals surface area contributed by atoms with E-state index in [1.54, 1.807) is 26.8 Å². The van der Waals surface area contributed by atoms with Gasteiger partial charge in [-0.2, -0.15) is 0 Å². The predicted octanol–water partition coefficient (Wildman–Crippen LogP) is 6.00. The number of amides is 2. The standard InChI is InChI=1S/C33H36N2O4/c1-32(2,3)39-31(38)34-28-17-11-10-12-23(28)20-30(37)35-21-26-27(22-35)33(19-18-29(26)36,24-13-6-4-7-14-24)25-15-8-5-9-16-25/h4-17,26-27H,18-22H2,1-3H3,(H,34,38). The molecule has 1 heterocycles. The molecule has 39 heavy (non-hydrogen) atoms. The monoisotopic (exact) mass is 524 g/mol. The number of fused-ring (bicyclic) bond motifs is 1. The lowest BCUT2D eigenvalue weighted by molar-refractivity contribution is -0.129. The first-order chi connectivity index (χ1) is 18.7. The first-order valence-corrected chi connectivity index (χ1v) is 13.7. The molecule has 3 aromatic carbocycles. The summed E-state index contributed by atoms with van der Waals surface area (Å²) in [5, 5.41) is 2.79. The van der Waals surface area contributed by atoms with E-state index in [0.29, 0.717) is 30.8 Å². The summed E-state index contributed by atoms with van der Waals surface area (Å²) >= 11 is 0. The first-order valence-electron chi connectivity index (χ1n) is 13.7. The van der Waals surface area contributed by atoms with Crippen LogP contribution in [0.2, 0.25) is 0 Å². The van der Waals surface area contributed by atoms with Gasteiger partial charge in [0.2, 0.25) is 5.91 Å². The molecule has 6 nitrogen and oxygen atoms in total. The number of hydrogen-bond donors (Lipinski definition) is 1. The minimum absolute atomic E-state index is 0.0115. The highest BCUT2D eigenvalue weighted by Gasteiger charge is 2.55. The topological polar surface area (TPSA) is 75.7 Å². The lowest BCUT2D eigenvalue weighted by Gasteiger charge is -2.45. The Labute approximate surface area is 230 Å². The van der Waals surface area contributed by atoms with Crippen LogP contribution in [0.1, 0.15) is 50.3 Å². The van der Waals surface area contributed by atoms with Crippen LogP contribution in [-0.2, 0) is 26.2 Å². The van der Waals surface area contributed by atoms with Crippen molar-refractivity contribution in [2.24, 2.45) is 11.8 Å². The molecule has 1 aliphatic carbocycles. The molecular weight excluding hydrogens is 488 g/mol. The molecule has 0 spiro atoms. The van der Waals surface area contributed by atoms with Crippen molar-refractivity contribution in [3.05, 3.63) is 102 Å². The van der Waals surface area contributed by atoms with E-state index in [-0.39, 0.29) is 35.4 Å². The number of benzene rings is 3. The summed E-state index contributed by atoms with van der Waals surface area (Å²) < 4.78 is 5.40. The maximum absolute atomic E-state index is 13.7. The molecule has 0 bridgehead atoms. The van der Waals surface area contributed by atoms with E-state index < -0.39 is 11.7 Å². The van der Waals surface area contributed by atoms with Crippen LogP contribution in [0.4, 0.5) is 10.5 Å². The van der Waals surface area contributed by atoms with Crippen LogP contribution in [0.25, 0.3) is 0 Å². The molecule has 2 unspecified atom stereocenters. The van der Waals surface area contributed by atoms with E-state index in [1.165, 1.54) is 11.1 Å². The van der Waals surface area contributed by atoms with Gasteiger partial charge in [-0.15, -0.1) is 0 Å². The zero-order valence-corrected chi connectivity index (χ0v) is 22.9. The fourth-order valence-corrected chi connectivity index (χ4v) is 6.36. The van der Waals surface area contributed by atoms with Gasteiger partial charge in [-0.05, 0) is 49.9 Å². The fraction of sp³-hybridized carbons (Fsp3) is 0.364. The van der Waals surface area contributed by atoms with Gasteiger partial charge < -0.3 is 9.64 Å². The number of ether oxygens (including phenoxy) is 1. The first kappa shape index (κ1) is 26.7. The van der Waals surface area contributed by atoms with E-state index in [1.807, 2.05) is 35.2 Å². The van der Waals surface area contributed by atoms with Gasteiger partial charge in [0.05, 0.1) is 6.42 Å². The Morgan fingerprint density at radius 3 is 2.10 bits per heavy atom. The third-order valence-electron chi connectivity index (χ3n) is 8.06. The Balaban J connectivity index is 1.41. The normalized spacial score (nSPS) is 20.3. The maximum Gasteiger partial charge on any atom is 0.412 e. The van der Waals surface area contributed by atoms with Crippen LogP contribution in [-0.4, -0.2) is 41.4 Å². The van der Waals surface area contributed by atoms with Gasteiger partial charge in [-0.1, -0.05) is 78.9 Å². The summed E-state index contributed by atoms with van der Waals surface area (Å²) in [6.07, 6.45) is 0.792. The van der Waals surface area contributed by atoms with Crippen LogP contribution in [0.5, 0.6) is 0 Å². The van der Waals surface area contributed by atoms with Crippen LogP contribution < -0.4 is 5.32 Å². The van der Waals surface area contributed by atoms with Crippen molar-refractivity contribution >= 4 is 23.5 Å². The number of nitrogens with one attached hydrogen (secondary N) is 1. The van der Waals surface area contributed by atoms with Gasteiger partial charge in [0.25, 0.3) is 0 Å². The number of para-hydroxylation sites is 1. The minimum atomic E-state index is -0.628. The Kier molecular flexibility index (Phi) is 7.30. The average molecular weight is 525 g/mol. The summed E-state index contributed by atoms with van der Waals surface area (Å²) in [7, 11) is 0. The van der Waals surface area contributed by atoms with Gasteiger partial charge in [0.1, 0.15) is 11.4 Å². The number of Topliss-reactive ketones (excluding diaryl/α,β-unsaturated/α-hetero) is 1. The van der Waals surface area contributed by atoms with E-state index >= 15 is 0 Å². The third kappa shape index (κ3) is 5.47. The molecule has 1 aliphatic heterocycles. The van der Waals surface area contributed by atoms with E-state index in [4.69, 9.17) is 4.74 Å². The van der Waals surface area contributed by atoms with Gasteiger partial charge >= 0.3 is 6.09 Å². The number of ketones is 1. The molecule has 0 radical (unpaired) electrons. The summed E-state index contributed by atoms with van der Waals surface area (Å²) in [4.78, 5) is 41.2. The van der Waals surface area contributed by atoms with Crippen LogP contribution in [0.3, 0.4) is 0 Å². The SMILES string of the molecule is CC(C)(C)OC(=O)Nc1ccccc1CC(=O)N1CC2C(=O)CCC(c3ccccc3)(c3ccccc3)C2C1. The van der Waals surface area contributed by atoms with E-state index in [0.717, 1.165) is 6.42 Å². The van der Waals surface area contributed by atoms with Crippen molar-refractivity contribution in [1.29, 1.82) is 0 Å². The fourth-order valence-electron chi connectivity index (χ4n) is 6.36. The van der Waals surface area contributed by atoms with Crippen LogP contribution in [0, 0.1) is 11.8 Å². The Morgan fingerprint density at radius 1 is 0.897 bits per heavy atom. The molecule has 3 aromatic rings. The van der Waals surface area contributed by atoms with Crippen molar-refractivity contribution in [1.82, 2.24) is 4.90 Å². The lowest BCUT2D eigenvalue weighted by atomic mass is 9.56. The molecular formula is C33H36N2O4. The molecule has 2 atom stereocenters. The van der Waals surface area contributed by atoms with Gasteiger partial charge in [0.15, 0.2) is 0 Å². The van der Waals surface area contributed by atoms with Gasteiger partial charge in [-0.25, -0.2) is 4.79 Å². The zero-order valence-electron chi connectivity index (χ0n) is 22.9. The van der Waals surface area contributed by atoms with E-state index in [9.17, 15) is 14.4 Å². The summed E-state index contributed by atoms with van der Waals surface area (Å²) in [5.74, 6) is -0.0312. The van der Waals surface area contributed by atoms with Crippen molar-refractivity contribution in [3.63, 3.8) is 0 Å². The number of anilines is 1. The molecule has 1 N–H and O–H groups in total.